The maximum Gasteiger partial charge on any atom is 0.0349 e. The van der Waals surface area contributed by atoms with Crippen molar-refractivity contribution >= 4 is 31.9 Å². The van der Waals surface area contributed by atoms with Gasteiger partial charge in [-0.15, -0.1) is 0 Å². The van der Waals surface area contributed by atoms with E-state index in [2.05, 4.69) is 37.9 Å². The van der Waals surface area contributed by atoms with Gasteiger partial charge in [-0.3, -0.25) is 0 Å². The lowest BCUT2D eigenvalue weighted by Crippen LogP contribution is -2.15. The summed E-state index contributed by atoms with van der Waals surface area (Å²) in [5.41, 5.74) is 7.01. The monoisotopic (exact) mass is 305 g/mol. The molecule has 0 aromatic heterocycles. The van der Waals surface area contributed by atoms with E-state index in [4.69, 9.17) is 5.73 Å². The van der Waals surface area contributed by atoms with Crippen molar-refractivity contribution in [3.63, 3.8) is 0 Å². The summed E-state index contributed by atoms with van der Waals surface area (Å²) in [6.45, 7) is 2.03. The Morgan fingerprint density at radius 2 is 2.08 bits per heavy atom. The minimum absolute atomic E-state index is 0.269. The third-order valence-corrected chi connectivity index (χ3v) is 4.03. The third kappa shape index (κ3) is 3.41. The smallest absolute Gasteiger partial charge is 0.0349 e. The molecule has 0 aliphatic heterocycles. The molecule has 0 saturated heterocycles. The first kappa shape index (κ1) is 11.2. The Morgan fingerprint density at radius 3 is 2.69 bits per heavy atom. The molecule has 72 valence electrons. The Kier molecular flexibility index (Phi) is 4.42. The summed E-state index contributed by atoms with van der Waals surface area (Å²) in [6.07, 6.45) is 2.05. The van der Waals surface area contributed by atoms with Crippen molar-refractivity contribution in [1.82, 2.24) is 0 Å². The molecule has 0 radical (unpaired) electrons. The lowest BCUT2D eigenvalue weighted by molar-refractivity contribution is 0.665. The lowest BCUT2D eigenvalue weighted by atomic mass is 10.1. The normalized spacial score (nSPS) is 12.9. The summed E-state index contributed by atoms with van der Waals surface area (Å²) >= 11 is 7.02. The Morgan fingerprint density at radius 1 is 1.38 bits per heavy atom. The van der Waals surface area contributed by atoms with Crippen LogP contribution in [0.25, 0.3) is 0 Å². The number of aryl methyl sites for hydroxylation is 1. The number of benzene rings is 1. The highest BCUT2D eigenvalue weighted by Crippen LogP contribution is 2.27. The highest BCUT2D eigenvalue weighted by atomic mass is 79.9. The molecule has 0 fully saturated rings. The van der Waals surface area contributed by atoms with Crippen molar-refractivity contribution in [1.29, 1.82) is 0 Å². The molecule has 1 aromatic rings. The molecule has 2 N–H and O–H groups in total. The van der Waals surface area contributed by atoms with E-state index in [1.54, 1.807) is 0 Å². The van der Waals surface area contributed by atoms with E-state index in [0.29, 0.717) is 0 Å². The lowest BCUT2D eigenvalue weighted by Gasteiger charge is -2.07. The predicted octanol–water partition coefficient (Wildman–Crippen LogP) is 3.49. The van der Waals surface area contributed by atoms with Crippen LogP contribution in [-0.2, 0) is 6.42 Å². The van der Waals surface area contributed by atoms with Crippen molar-refractivity contribution < 1.29 is 0 Å². The second kappa shape index (κ2) is 5.13. The van der Waals surface area contributed by atoms with Crippen LogP contribution in [0, 0.1) is 0 Å². The second-order valence-corrected chi connectivity index (χ2v) is 4.88. The van der Waals surface area contributed by atoms with Gasteiger partial charge in [0.05, 0.1) is 0 Å². The van der Waals surface area contributed by atoms with Crippen molar-refractivity contribution in [2.75, 3.05) is 0 Å². The summed E-state index contributed by atoms with van der Waals surface area (Å²) in [5, 5.41) is 0. The van der Waals surface area contributed by atoms with Gasteiger partial charge in [0.25, 0.3) is 0 Å². The molecule has 0 spiro atoms. The van der Waals surface area contributed by atoms with Crippen LogP contribution in [0.5, 0.6) is 0 Å². The fraction of sp³-hybridized carbons (Fsp3) is 0.400. The fourth-order valence-corrected chi connectivity index (χ4v) is 1.99. The number of rotatable bonds is 3. The molecule has 0 heterocycles. The number of halogens is 2. The van der Waals surface area contributed by atoms with E-state index in [1.807, 2.05) is 19.1 Å². The van der Waals surface area contributed by atoms with E-state index in [9.17, 15) is 0 Å². The first-order valence-corrected chi connectivity index (χ1v) is 5.88. The molecule has 13 heavy (non-hydrogen) atoms. The van der Waals surface area contributed by atoms with E-state index in [1.165, 1.54) is 5.56 Å². The van der Waals surface area contributed by atoms with Gasteiger partial charge in [-0.25, -0.2) is 0 Å². The maximum atomic E-state index is 5.70. The summed E-state index contributed by atoms with van der Waals surface area (Å²) in [6, 6.07) is 6.47. The molecule has 0 unspecified atom stereocenters. The molecular weight excluding hydrogens is 294 g/mol. The van der Waals surface area contributed by atoms with Crippen LogP contribution in [0.3, 0.4) is 0 Å². The van der Waals surface area contributed by atoms with Gasteiger partial charge in [0.15, 0.2) is 0 Å². The van der Waals surface area contributed by atoms with Crippen LogP contribution < -0.4 is 5.73 Å². The zero-order valence-corrected chi connectivity index (χ0v) is 10.7. The Balaban J connectivity index is 2.71. The minimum atomic E-state index is 0.269. The standard InChI is InChI=1S/C10H13Br2N/c1-7(13)5-6-8-3-2-4-9(11)10(8)12/h2-4,7H,5-6,13H2,1H3/t7-/m0/s1. The van der Waals surface area contributed by atoms with Crippen molar-refractivity contribution in [3.05, 3.63) is 32.7 Å². The van der Waals surface area contributed by atoms with Crippen LogP contribution in [0.4, 0.5) is 0 Å². The van der Waals surface area contributed by atoms with E-state index < -0.39 is 0 Å². The molecule has 1 atom stereocenters. The van der Waals surface area contributed by atoms with Crippen LogP contribution >= 0.6 is 31.9 Å². The van der Waals surface area contributed by atoms with Crippen LogP contribution in [-0.4, -0.2) is 6.04 Å². The van der Waals surface area contributed by atoms with Gasteiger partial charge in [-0.05, 0) is 63.3 Å². The zero-order chi connectivity index (χ0) is 9.84. The van der Waals surface area contributed by atoms with Crippen LogP contribution in [0.1, 0.15) is 18.9 Å². The molecule has 3 heteroatoms. The summed E-state index contributed by atoms with van der Waals surface area (Å²) in [4.78, 5) is 0. The van der Waals surface area contributed by atoms with Gasteiger partial charge in [0.1, 0.15) is 0 Å². The molecule has 0 bridgehead atoms. The van der Waals surface area contributed by atoms with Gasteiger partial charge in [0, 0.05) is 15.0 Å². The van der Waals surface area contributed by atoms with E-state index >= 15 is 0 Å². The first-order valence-electron chi connectivity index (χ1n) is 4.29. The van der Waals surface area contributed by atoms with E-state index in [-0.39, 0.29) is 6.04 Å². The Labute approximate surface area is 96.0 Å². The van der Waals surface area contributed by atoms with Crippen molar-refractivity contribution in [3.8, 4) is 0 Å². The van der Waals surface area contributed by atoms with Crippen molar-refractivity contribution in [2.24, 2.45) is 5.73 Å². The number of nitrogens with two attached hydrogens (primary N) is 1. The quantitative estimate of drug-likeness (QED) is 0.909. The average molecular weight is 307 g/mol. The summed E-state index contributed by atoms with van der Waals surface area (Å²) in [5.74, 6) is 0. The molecular formula is C10H13Br2N. The van der Waals surface area contributed by atoms with Gasteiger partial charge in [-0.2, -0.15) is 0 Å². The molecule has 0 saturated carbocycles. The SMILES string of the molecule is C[C@H](N)CCc1cccc(Br)c1Br. The Bertz CT molecular complexity index is 284. The van der Waals surface area contributed by atoms with Gasteiger partial charge < -0.3 is 5.73 Å². The first-order chi connectivity index (χ1) is 6.11. The number of hydrogen-bond acceptors (Lipinski definition) is 1. The van der Waals surface area contributed by atoms with E-state index in [0.717, 1.165) is 21.8 Å². The molecule has 1 nitrogen and oxygen atoms in total. The van der Waals surface area contributed by atoms with Gasteiger partial charge in [0.2, 0.25) is 0 Å². The van der Waals surface area contributed by atoms with Gasteiger partial charge >= 0.3 is 0 Å². The van der Waals surface area contributed by atoms with Crippen molar-refractivity contribution in [2.45, 2.75) is 25.8 Å². The average Bonchev–Trinajstić information content (AvgIpc) is 2.07. The highest BCUT2D eigenvalue weighted by Gasteiger charge is 2.03. The number of hydrogen-bond donors (Lipinski definition) is 1. The molecule has 0 aliphatic rings. The summed E-state index contributed by atoms with van der Waals surface area (Å²) < 4.78 is 2.25. The predicted molar refractivity (Wildman–Crippen MR) is 63.8 cm³/mol. The highest BCUT2D eigenvalue weighted by molar-refractivity contribution is 9.13. The zero-order valence-electron chi connectivity index (χ0n) is 7.56. The third-order valence-electron chi connectivity index (χ3n) is 1.90. The fourth-order valence-electron chi connectivity index (χ4n) is 1.12. The Hall–Kier alpha value is 0.140. The molecule has 0 aliphatic carbocycles. The topological polar surface area (TPSA) is 26.0 Å². The minimum Gasteiger partial charge on any atom is -0.328 e. The second-order valence-electron chi connectivity index (χ2n) is 3.23. The molecule has 0 amide bonds. The van der Waals surface area contributed by atoms with Crippen LogP contribution in [0.15, 0.2) is 27.1 Å². The maximum absolute atomic E-state index is 5.70. The molecule has 1 rings (SSSR count). The van der Waals surface area contributed by atoms with Crippen LogP contribution in [0.2, 0.25) is 0 Å². The summed E-state index contributed by atoms with van der Waals surface area (Å²) in [7, 11) is 0. The van der Waals surface area contributed by atoms with Gasteiger partial charge in [-0.1, -0.05) is 12.1 Å². The largest absolute Gasteiger partial charge is 0.328 e. The molecule has 1 aromatic carbocycles.